The van der Waals surface area contributed by atoms with E-state index >= 15 is 0 Å². The third-order valence-electron chi connectivity index (χ3n) is 3.92. The van der Waals surface area contributed by atoms with E-state index in [1.54, 1.807) is 6.07 Å². The second-order valence-electron chi connectivity index (χ2n) is 5.48. The summed E-state index contributed by atoms with van der Waals surface area (Å²) in [6, 6.07) is 3.71. The first-order chi connectivity index (χ1) is 11.2. The first-order valence-electron chi connectivity index (χ1n) is 7.67. The van der Waals surface area contributed by atoms with Crippen molar-refractivity contribution in [2.24, 2.45) is 0 Å². The summed E-state index contributed by atoms with van der Waals surface area (Å²) in [5.74, 6) is 0.578. The number of nitriles is 1. The molecule has 3 rings (SSSR count). The molecule has 2 aromatic heterocycles. The van der Waals surface area contributed by atoms with Crippen LogP contribution in [0.15, 0.2) is 24.7 Å². The summed E-state index contributed by atoms with van der Waals surface area (Å²) in [7, 11) is 0. The topological polar surface area (TPSA) is 75.8 Å². The molecule has 0 spiro atoms. The van der Waals surface area contributed by atoms with Crippen LogP contribution in [0.3, 0.4) is 0 Å². The third kappa shape index (κ3) is 3.46. The fraction of sp³-hybridized carbons (Fsp3) is 0.438. The van der Waals surface area contributed by atoms with Gasteiger partial charge in [0.2, 0.25) is 0 Å². The van der Waals surface area contributed by atoms with Crippen molar-refractivity contribution in [2.45, 2.75) is 38.5 Å². The SMILES string of the molecule is CCn1cc([C@H]2OCCC[C@@H]2Nc2ncc(C#N)cc2Cl)cn1. The van der Waals surface area contributed by atoms with Gasteiger partial charge in [-0.25, -0.2) is 4.98 Å². The molecule has 6 nitrogen and oxygen atoms in total. The first-order valence-corrected chi connectivity index (χ1v) is 8.05. The highest BCUT2D eigenvalue weighted by molar-refractivity contribution is 6.33. The largest absolute Gasteiger partial charge is 0.371 e. The van der Waals surface area contributed by atoms with Gasteiger partial charge in [0.15, 0.2) is 0 Å². The second-order valence-corrected chi connectivity index (χ2v) is 5.89. The van der Waals surface area contributed by atoms with Gasteiger partial charge in [0.25, 0.3) is 0 Å². The molecule has 0 bridgehead atoms. The zero-order chi connectivity index (χ0) is 16.2. The summed E-state index contributed by atoms with van der Waals surface area (Å²) in [5.41, 5.74) is 1.50. The summed E-state index contributed by atoms with van der Waals surface area (Å²) in [6.45, 7) is 3.61. The monoisotopic (exact) mass is 331 g/mol. The maximum atomic E-state index is 8.89. The summed E-state index contributed by atoms with van der Waals surface area (Å²) in [6.07, 6.45) is 7.23. The van der Waals surface area contributed by atoms with Gasteiger partial charge in [-0.3, -0.25) is 4.68 Å². The molecule has 0 amide bonds. The number of nitrogens with zero attached hydrogens (tertiary/aromatic N) is 4. The van der Waals surface area contributed by atoms with E-state index in [-0.39, 0.29) is 12.1 Å². The number of hydrogen-bond donors (Lipinski definition) is 1. The predicted molar refractivity (Wildman–Crippen MR) is 87.2 cm³/mol. The molecule has 1 saturated heterocycles. The van der Waals surface area contributed by atoms with Crippen LogP contribution in [0.25, 0.3) is 0 Å². The zero-order valence-corrected chi connectivity index (χ0v) is 13.6. The Labute approximate surface area is 140 Å². The van der Waals surface area contributed by atoms with E-state index in [9.17, 15) is 0 Å². The molecule has 2 aromatic rings. The number of ether oxygens (including phenoxy) is 1. The molecule has 3 heterocycles. The van der Waals surface area contributed by atoms with Crippen molar-refractivity contribution in [3.63, 3.8) is 0 Å². The van der Waals surface area contributed by atoms with E-state index in [1.165, 1.54) is 6.20 Å². The lowest BCUT2D eigenvalue weighted by atomic mass is 9.98. The summed E-state index contributed by atoms with van der Waals surface area (Å²) in [5, 5.41) is 17.0. The Bertz CT molecular complexity index is 724. The Hall–Kier alpha value is -2.10. The van der Waals surface area contributed by atoms with Gasteiger partial charge in [0, 0.05) is 31.1 Å². The molecular weight excluding hydrogens is 314 g/mol. The maximum absolute atomic E-state index is 8.89. The number of halogens is 1. The van der Waals surface area contributed by atoms with Crippen LogP contribution in [-0.4, -0.2) is 27.4 Å². The van der Waals surface area contributed by atoms with Crippen molar-refractivity contribution in [3.05, 3.63) is 40.8 Å². The van der Waals surface area contributed by atoms with Crippen molar-refractivity contribution in [1.82, 2.24) is 14.8 Å². The molecule has 7 heteroatoms. The lowest BCUT2D eigenvalue weighted by Crippen LogP contribution is -2.34. The van der Waals surface area contributed by atoms with Gasteiger partial charge in [-0.05, 0) is 25.8 Å². The fourth-order valence-corrected chi connectivity index (χ4v) is 2.96. The van der Waals surface area contributed by atoms with Crippen molar-refractivity contribution >= 4 is 17.4 Å². The molecule has 0 aromatic carbocycles. The first kappa shape index (κ1) is 15.8. The van der Waals surface area contributed by atoms with Gasteiger partial charge in [0.05, 0.1) is 22.8 Å². The van der Waals surface area contributed by atoms with Crippen molar-refractivity contribution < 1.29 is 4.74 Å². The Morgan fingerprint density at radius 1 is 1.52 bits per heavy atom. The number of rotatable bonds is 4. The molecule has 1 aliphatic heterocycles. The van der Waals surface area contributed by atoms with Crippen LogP contribution in [0.2, 0.25) is 5.02 Å². The van der Waals surface area contributed by atoms with Gasteiger partial charge in [-0.15, -0.1) is 0 Å². The number of aromatic nitrogens is 3. The molecule has 1 N–H and O–H groups in total. The van der Waals surface area contributed by atoms with Crippen molar-refractivity contribution in [1.29, 1.82) is 5.26 Å². The zero-order valence-electron chi connectivity index (χ0n) is 12.9. The van der Waals surface area contributed by atoms with Gasteiger partial charge in [-0.2, -0.15) is 10.4 Å². The molecule has 1 fully saturated rings. The number of anilines is 1. The molecule has 2 atom stereocenters. The van der Waals surface area contributed by atoms with E-state index in [4.69, 9.17) is 21.6 Å². The maximum Gasteiger partial charge on any atom is 0.145 e. The van der Waals surface area contributed by atoms with Gasteiger partial charge >= 0.3 is 0 Å². The standard InChI is InChI=1S/C16H18ClN5O/c1-2-22-10-12(9-20-22)15-14(4-3-5-23-15)21-16-13(17)6-11(7-18)8-19-16/h6,8-10,14-15H,2-5H2,1H3,(H,19,21)/t14-,15+/m0/s1. The number of hydrogen-bond acceptors (Lipinski definition) is 5. The van der Waals surface area contributed by atoms with E-state index in [1.807, 2.05) is 23.1 Å². The molecule has 23 heavy (non-hydrogen) atoms. The highest BCUT2D eigenvalue weighted by Crippen LogP contribution is 2.32. The van der Waals surface area contributed by atoms with E-state index in [2.05, 4.69) is 22.3 Å². The van der Waals surface area contributed by atoms with E-state index in [0.29, 0.717) is 16.4 Å². The number of aryl methyl sites for hydroxylation is 1. The summed E-state index contributed by atoms with van der Waals surface area (Å²) >= 11 is 6.21. The average Bonchev–Trinajstić information content (AvgIpc) is 3.06. The van der Waals surface area contributed by atoms with Crippen molar-refractivity contribution in [2.75, 3.05) is 11.9 Å². The van der Waals surface area contributed by atoms with Gasteiger partial charge in [0.1, 0.15) is 18.0 Å². The Morgan fingerprint density at radius 2 is 2.39 bits per heavy atom. The van der Waals surface area contributed by atoms with Gasteiger partial charge in [-0.1, -0.05) is 11.6 Å². The Kier molecular flexibility index (Phi) is 4.79. The lowest BCUT2D eigenvalue weighted by molar-refractivity contribution is 0.00551. The van der Waals surface area contributed by atoms with Crippen LogP contribution in [0.1, 0.15) is 37.0 Å². The lowest BCUT2D eigenvalue weighted by Gasteiger charge is -2.32. The number of nitrogens with one attached hydrogen (secondary N) is 1. The molecule has 0 saturated carbocycles. The van der Waals surface area contributed by atoms with Crippen LogP contribution in [0.4, 0.5) is 5.82 Å². The number of pyridine rings is 1. The molecule has 1 aliphatic rings. The van der Waals surface area contributed by atoms with E-state index in [0.717, 1.165) is 31.6 Å². The molecule has 0 aliphatic carbocycles. The average molecular weight is 332 g/mol. The van der Waals surface area contributed by atoms with Crippen LogP contribution in [0.5, 0.6) is 0 Å². The highest BCUT2D eigenvalue weighted by atomic mass is 35.5. The quantitative estimate of drug-likeness (QED) is 0.931. The molecule has 0 radical (unpaired) electrons. The predicted octanol–water partition coefficient (Wildman–Crippen LogP) is 3.16. The normalized spacial score (nSPS) is 20.9. The third-order valence-corrected chi connectivity index (χ3v) is 4.21. The Balaban J connectivity index is 1.80. The van der Waals surface area contributed by atoms with Crippen LogP contribution < -0.4 is 5.32 Å². The van der Waals surface area contributed by atoms with Crippen LogP contribution in [-0.2, 0) is 11.3 Å². The second kappa shape index (κ2) is 6.99. The molecular formula is C16H18ClN5O. The molecule has 0 unspecified atom stereocenters. The minimum absolute atomic E-state index is 0.0659. The summed E-state index contributed by atoms with van der Waals surface area (Å²) < 4.78 is 7.84. The Morgan fingerprint density at radius 3 is 3.09 bits per heavy atom. The minimum Gasteiger partial charge on any atom is -0.371 e. The summed E-state index contributed by atoms with van der Waals surface area (Å²) in [4.78, 5) is 4.25. The van der Waals surface area contributed by atoms with Crippen molar-refractivity contribution in [3.8, 4) is 6.07 Å². The molecule has 120 valence electrons. The smallest absolute Gasteiger partial charge is 0.145 e. The van der Waals surface area contributed by atoms with Crippen LogP contribution in [0, 0.1) is 11.3 Å². The van der Waals surface area contributed by atoms with Gasteiger partial charge < -0.3 is 10.1 Å². The minimum atomic E-state index is -0.0856. The fourth-order valence-electron chi connectivity index (χ4n) is 2.74. The van der Waals surface area contributed by atoms with E-state index < -0.39 is 0 Å². The van der Waals surface area contributed by atoms with Crippen LogP contribution >= 0.6 is 11.6 Å². The highest BCUT2D eigenvalue weighted by Gasteiger charge is 2.29.